The molecule has 0 bridgehead atoms. The van der Waals surface area contributed by atoms with Crippen LogP contribution in [0.1, 0.15) is 21.5 Å². The molecule has 3 aromatic carbocycles. The fourth-order valence-corrected chi connectivity index (χ4v) is 4.13. The van der Waals surface area contributed by atoms with E-state index < -0.39 is 17.0 Å². The first kappa shape index (κ1) is 24.1. The molecule has 37 heavy (non-hydrogen) atoms. The van der Waals surface area contributed by atoms with Gasteiger partial charge in [-0.15, -0.1) is 0 Å². The maximum absolute atomic E-state index is 13.4. The van der Waals surface area contributed by atoms with Gasteiger partial charge in [0.2, 0.25) is 11.3 Å². The minimum atomic E-state index is -0.575. The summed E-state index contributed by atoms with van der Waals surface area (Å²) in [4.78, 5) is 39.5. The first-order valence-corrected chi connectivity index (χ1v) is 11.6. The van der Waals surface area contributed by atoms with Gasteiger partial charge in [-0.05, 0) is 48.0 Å². The predicted octanol–water partition coefficient (Wildman–Crippen LogP) is 3.47. The Morgan fingerprint density at radius 2 is 1.68 bits per heavy atom. The Morgan fingerprint density at radius 3 is 2.35 bits per heavy atom. The normalized spacial score (nSPS) is 12.3. The van der Waals surface area contributed by atoms with E-state index in [-0.39, 0.29) is 35.5 Å². The predicted molar refractivity (Wildman–Crippen MR) is 134 cm³/mol. The number of nitrogens with zero attached hydrogens (tertiary/aromatic N) is 1. The van der Waals surface area contributed by atoms with E-state index in [1.165, 1.54) is 29.0 Å². The maximum Gasteiger partial charge on any atom is 0.240 e. The lowest BCUT2D eigenvalue weighted by atomic mass is 10.0. The summed E-state index contributed by atoms with van der Waals surface area (Å²) >= 11 is 0. The van der Waals surface area contributed by atoms with E-state index in [9.17, 15) is 18.8 Å². The number of aromatic nitrogens is 1. The zero-order valence-electron chi connectivity index (χ0n) is 20.0. The number of carbonyl (C=O) groups is 2. The van der Waals surface area contributed by atoms with Gasteiger partial charge in [0.15, 0.2) is 17.3 Å². The molecule has 1 aliphatic heterocycles. The van der Waals surface area contributed by atoms with Gasteiger partial charge in [0.05, 0.1) is 23.6 Å². The molecule has 0 spiro atoms. The number of carbonyl (C=O) groups excluding carboxylic acids is 2. The molecule has 5 rings (SSSR count). The van der Waals surface area contributed by atoms with Gasteiger partial charge in [-0.2, -0.15) is 0 Å². The van der Waals surface area contributed by atoms with Crippen LogP contribution in [0.25, 0.3) is 10.9 Å². The maximum atomic E-state index is 13.4. The zero-order valence-corrected chi connectivity index (χ0v) is 20.0. The van der Waals surface area contributed by atoms with Crippen molar-refractivity contribution in [3.05, 3.63) is 99.6 Å². The van der Waals surface area contributed by atoms with E-state index >= 15 is 0 Å². The number of hydrogen-bond donors (Lipinski definition) is 1. The first-order chi connectivity index (χ1) is 17.9. The molecule has 0 atom stereocenters. The van der Waals surface area contributed by atoms with Gasteiger partial charge < -0.3 is 24.1 Å². The number of halogens is 1. The standard InChI is InChI=1S/C28H23FN2O6/c1-35-20-8-2-17(3-9-20)14-30-26(32)16-31-15-22(27(33)18-4-6-19(29)7-5-18)28(34)21-12-24-25(13-23(21)31)37-11-10-36-24/h2-9,12-13,15H,10-11,14,16H2,1H3,(H,30,32). The van der Waals surface area contributed by atoms with Crippen LogP contribution in [0.2, 0.25) is 0 Å². The highest BCUT2D eigenvalue weighted by molar-refractivity contribution is 6.10. The number of hydrogen-bond acceptors (Lipinski definition) is 6. The van der Waals surface area contributed by atoms with Gasteiger partial charge in [0.25, 0.3) is 0 Å². The zero-order chi connectivity index (χ0) is 25.9. The van der Waals surface area contributed by atoms with Crippen LogP contribution in [0, 0.1) is 5.82 Å². The molecule has 0 fully saturated rings. The highest BCUT2D eigenvalue weighted by Gasteiger charge is 2.22. The third kappa shape index (κ3) is 5.02. The van der Waals surface area contributed by atoms with Gasteiger partial charge in [-0.1, -0.05) is 12.1 Å². The van der Waals surface area contributed by atoms with E-state index in [1.807, 2.05) is 12.1 Å². The molecule has 1 N–H and O–H groups in total. The van der Waals surface area contributed by atoms with E-state index in [2.05, 4.69) is 5.32 Å². The van der Waals surface area contributed by atoms with Crippen LogP contribution in [0.4, 0.5) is 4.39 Å². The van der Waals surface area contributed by atoms with Gasteiger partial charge in [-0.3, -0.25) is 14.4 Å². The fraction of sp³-hybridized carbons (Fsp3) is 0.179. The number of benzene rings is 3. The first-order valence-electron chi connectivity index (χ1n) is 11.6. The molecule has 2 heterocycles. The number of methoxy groups -OCH3 is 1. The third-order valence-electron chi connectivity index (χ3n) is 6.06. The second-order valence-electron chi connectivity index (χ2n) is 8.47. The van der Waals surface area contributed by atoms with Crippen LogP contribution in [0.5, 0.6) is 17.2 Å². The molecule has 1 aliphatic rings. The number of fused-ring (bicyclic) bond motifs is 2. The SMILES string of the molecule is COc1ccc(CNC(=O)Cn2cc(C(=O)c3ccc(F)cc3)c(=O)c3cc4c(cc32)OCCO4)cc1. The summed E-state index contributed by atoms with van der Waals surface area (Å²) in [5.41, 5.74) is 0.802. The highest BCUT2D eigenvalue weighted by Crippen LogP contribution is 2.34. The molecule has 0 unspecified atom stereocenters. The minimum absolute atomic E-state index is 0.140. The topological polar surface area (TPSA) is 95.9 Å². The number of rotatable bonds is 7. The van der Waals surface area contributed by atoms with Crippen LogP contribution in [-0.2, 0) is 17.9 Å². The monoisotopic (exact) mass is 502 g/mol. The van der Waals surface area contributed by atoms with E-state index in [0.717, 1.165) is 17.7 Å². The van der Waals surface area contributed by atoms with Crippen molar-refractivity contribution in [2.75, 3.05) is 20.3 Å². The Kier molecular flexibility index (Phi) is 6.59. The molecule has 0 saturated carbocycles. The lowest BCUT2D eigenvalue weighted by Gasteiger charge is -2.20. The lowest BCUT2D eigenvalue weighted by molar-refractivity contribution is -0.121. The van der Waals surface area contributed by atoms with Crippen LogP contribution in [-0.4, -0.2) is 36.6 Å². The number of pyridine rings is 1. The third-order valence-corrected chi connectivity index (χ3v) is 6.06. The summed E-state index contributed by atoms with van der Waals surface area (Å²) in [6.45, 7) is 0.811. The van der Waals surface area contributed by atoms with Crippen molar-refractivity contribution >= 4 is 22.6 Å². The van der Waals surface area contributed by atoms with Crippen molar-refractivity contribution in [1.29, 1.82) is 0 Å². The molecule has 4 aromatic rings. The summed E-state index contributed by atoms with van der Waals surface area (Å²) in [6, 6.07) is 15.4. The molecule has 1 aromatic heterocycles. The van der Waals surface area contributed by atoms with Crippen molar-refractivity contribution in [2.24, 2.45) is 0 Å². The number of ether oxygens (including phenoxy) is 3. The Hall–Kier alpha value is -4.66. The highest BCUT2D eigenvalue weighted by atomic mass is 19.1. The largest absolute Gasteiger partial charge is 0.497 e. The molecule has 188 valence electrons. The fourth-order valence-electron chi connectivity index (χ4n) is 4.13. The van der Waals surface area contributed by atoms with Crippen molar-refractivity contribution in [3.8, 4) is 17.2 Å². The second-order valence-corrected chi connectivity index (χ2v) is 8.47. The van der Waals surface area contributed by atoms with Gasteiger partial charge in [0, 0.05) is 24.4 Å². The van der Waals surface area contributed by atoms with Gasteiger partial charge in [0.1, 0.15) is 31.3 Å². The number of nitrogens with one attached hydrogen (secondary N) is 1. The van der Waals surface area contributed by atoms with Crippen LogP contribution < -0.4 is 25.0 Å². The molecular formula is C28H23FN2O6. The molecular weight excluding hydrogens is 479 g/mol. The smallest absolute Gasteiger partial charge is 0.240 e. The van der Waals surface area contributed by atoms with E-state index in [0.29, 0.717) is 36.0 Å². The van der Waals surface area contributed by atoms with E-state index in [4.69, 9.17) is 14.2 Å². The van der Waals surface area contributed by atoms with Crippen molar-refractivity contribution in [1.82, 2.24) is 9.88 Å². The van der Waals surface area contributed by atoms with Crippen molar-refractivity contribution in [2.45, 2.75) is 13.1 Å². The quantitative estimate of drug-likeness (QED) is 0.389. The van der Waals surface area contributed by atoms with Crippen LogP contribution in [0.15, 0.2) is 71.7 Å². The lowest BCUT2D eigenvalue weighted by Crippen LogP contribution is -2.29. The minimum Gasteiger partial charge on any atom is -0.497 e. The van der Waals surface area contributed by atoms with Crippen molar-refractivity contribution < 1.29 is 28.2 Å². The number of ketones is 1. The molecule has 8 nitrogen and oxygen atoms in total. The Balaban J connectivity index is 1.50. The average Bonchev–Trinajstić information content (AvgIpc) is 2.93. The van der Waals surface area contributed by atoms with Crippen LogP contribution in [0.3, 0.4) is 0 Å². The van der Waals surface area contributed by atoms with E-state index in [1.54, 1.807) is 25.3 Å². The Morgan fingerprint density at radius 1 is 1.00 bits per heavy atom. The molecule has 0 radical (unpaired) electrons. The second kappa shape index (κ2) is 10.1. The van der Waals surface area contributed by atoms with Crippen molar-refractivity contribution in [3.63, 3.8) is 0 Å². The Bertz CT molecular complexity index is 1540. The van der Waals surface area contributed by atoms with Gasteiger partial charge >= 0.3 is 0 Å². The summed E-state index contributed by atoms with van der Waals surface area (Å²) < 4.78 is 31.4. The van der Waals surface area contributed by atoms with Crippen LogP contribution >= 0.6 is 0 Å². The molecule has 9 heteroatoms. The molecule has 1 amide bonds. The van der Waals surface area contributed by atoms with Gasteiger partial charge in [-0.25, -0.2) is 4.39 Å². The molecule has 0 saturated heterocycles. The molecule has 0 aliphatic carbocycles. The summed E-state index contributed by atoms with van der Waals surface area (Å²) in [7, 11) is 1.58. The Labute approximate surface area is 211 Å². The number of amides is 1. The summed E-state index contributed by atoms with van der Waals surface area (Å²) in [5.74, 6) is 0.151. The average molecular weight is 502 g/mol. The summed E-state index contributed by atoms with van der Waals surface area (Å²) in [5, 5.41) is 3.06. The summed E-state index contributed by atoms with van der Waals surface area (Å²) in [6.07, 6.45) is 1.36.